The highest BCUT2D eigenvalue weighted by molar-refractivity contribution is 6.30. The maximum atomic E-state index is 6.09. The first-order valence-corrected chi connectivity index (χ1v) is 7.91. The van der Waals surface area contributed by atoms with E-state index in [1.807, 2.05) is 12.1 Å². The summed E-state index contributed by atoms with van der Waals surface area (Å²) in [6.45, 7) is 1.58. The van der Waals surface area contributed by atoms with Crippen LogP contribution in [0, 0.1) is 0 Å². The minimum atomic E-state index is 0.259. The van der Waals surface area contributed by atoms with Crippen LogP contribution in [0.25, 0.3) is 0 Å². The molecule has 2 N–H and O–H groups in total. The van der Waals surface area contributed by atoms with Crippen molar-refractivity contribution in [1.82, 2.24) is 4.90 Å². The molecule has 2 aromatic rings. The van der Waals surface area contributed by atoms with Crippen LogP contribution in [-0.2, 0) is 6.54 Å². The van der Waals surface area contributed by atoms with Gasteiger partial charge in [0.15, 0.2) is 0 Å². The second-order valence-corrected chi connectivity index (χ2v) is 6.13. The molecule has 0 aromatic heterocycles. The lowest BCUT2D eigenvalue weighted by Crippen LogP contribution is -2.35. The Morgan fingerprint density at radius 3 is 2.29 bits per heavy atom. The Morgan fingerprint density at radius 1 is 1.05 bits per heavy atom. The summed E-state index contributed by atoms with van der Waals surface area (Å²) >= 11 is 6.00. The zero-order valence-corrected chi connectivity index (χ0v) is 12.8. The number of halogens is 1. The van der Waals surface area contributed by atoms with Crippen molar-refractivity contribution in [2.45, 2.75) is 31.5 Å². The Balaban J connectivity index is 1.82. The number of hydrogen-bond donors (Lipinski definition) is 1. The molecule has 0 radical (unpaired) electrons. The highest BCUT2D eigenvalue weighted by Gasteiger charge is 2.34. The van der Waals surface area contributed by atoms with Crippen LogP contribution in [0.5, 0.6) is 0 Å². The zero-order chi connectivity index (χ0) is 14.7. The fraction of sp³-hybridized carbons (Fsp3) is 0.333. The molecule has 3 rings (SSSR count). The monoisotopic (exact) mass is 300 g/mol. The van der Waals surface area contributed by atoms with Crippen LogP contribution >= 0.6 is 11.6 Å². The summed E-state index contributed by atoms with van der Waals surface area (Å²) in [5.74, 6) is 0. The van der Waals surface area contributed by atoms with Crippen molar-refractivity contribution in [2.75, 3.05) is 6.54 Å². The quantitative estimate of drug-likeness (QED) is 0.873. The van der Waals surface area contributed by atoms with E-state index in [0.29, 0.717) is 12.6 Å². The first-order valence-electron chi connectivity index (χ1n) is 7.53. The molecule has 0 heterocycles. The maximum absolute atomic E-state index is 6.09. The van der Waals surface area contributed by atoms with E-state index in [4.69, 9.17) is 17.3 Å². The van der Waals surface area contributed by atoms with Gasteiger partial charge < -0.3 is 5.73 Å². The summed E-state index contributed by atoms with van der Waals surface area (Å²) in [5, 5.41) is 0.774. The Labute approximate surface area is 131 Å². The van der Waals surface area contributed by atoms with Crippen LogP contribution < -0.4 is 5.73 Å². The van der Waals surface area contributed by atoms with Crippen molar-refractivity contribution in [2.24, 2.45) is 5.73 Å². The van der Waals surface area contributed by atoms with Gasteiger partial charge in [0.1, 0.15) is 0 Å². The molecule has 0 spiro atoms. The molecule has 0 bridgehead atoms. The lowest BCUT2D eigenvalue weighted by molar-refractivity contribution is 0.182. The molecule has 2 nitrogen and oxygen atoms in total. The van der Waals surface area contributed by atoms with Crippen LogP contribution in [0.4, 0.5) is 0 Å². The minimum absolute atomic E-state index is 0.259. The SMILES string of the molecule is NCC(c1ccc(Cl)cc1)N(Cc1ccccc1)C1CC1. The van der Waals surface area contributed by atoms with Crippen LogP contribution in [0.3, 0.4) is 0 Å². The Hall–Kier alpha value is -1.35. The number of hydrogen-bond acceptors (Lipinski definition) is 2. The van der Waals surface area contributed by atoms with Crippen molar-refractivity contribution >= 4 is 11.6 Å². The molecule has 1 saturated carbocycles. The fourth-order valence-corrected chi connectivity index (χ4v) is 2.97. The van der Waals surface area contributed by atoms with Crippen molar-refractivity contribution in [3.05, 3.63) is 70.7 Å². The highest BCUT2D eigenvalue weighted by Crippen LogP contribution is 2.35. The summed E-state index contributed by atoms with van der Waals surface area (Å²) in [6, 6.07) is 19.6. The maximum Gasteiger partial charge on any atom is 0.0476 e. The average molecular weight is 301 g/mol. The summed E-state index contributed by atoms with van der Waals surface area (Å²) in [5.41, 5.74) is 8.69. The molecular weight excluding hydrogens is 280 g/mol. The predicted octanol–water partition coefficient (Wildman–Crippen LogP) is 4.00. The molecule has 1 atom stereocenters. The topological polar surface area (TPSA) is 29.3 Å². The first kappa shape index (κ1) is 14.6. The molecule has 0 amide bonds. The molecule has 1 unspecified atom stereocenters. The number of rotatable bonds is 6. The van der Waals surface area contributed by atoms with Crippen LogP contribution in [-0.4, -0.2) is 17.5 Å². The van der Waals surface area contributed by atoms with Gasteiger partial charge in [-0.3, -0.25) is 4.90 Å². The van der Waals surface area contributed by atoms with Gasteiger partial charge in [-0.25, -0.2) is 0 Å². The Bertz CT molecular complexity index is 564. The molecule has 21 heavy (non-hydrogen) atoms. The Morgan fingerprint density at radius 2 is 1.71 bits per heavy atom. The van der Waals surface area contributed by atoms with Crippen LogP contribution in [0.2, 0.25) is 5.02 Å². The second-order valence-electron chi connectivity index (χ2n) is 5.69. The average Bonchev–Trinajstić information content (AvgIpc) is 3.34. The number of nitrogens with two attached hydrogens (primary N) is 1. The first-order chi connectivity index (χ1) is 10.3. The molecular formula is C18H21ClN2. The van der Waals surface area contributed by atoms with E-state index in [0.717, 1.165) is 11.6 Å². The summed E-state index contributed by atoms with van der Waals surface area (Å²) in [7, 11) is 0. The van der Waals surface area contributed by atoms with Gasteiger partial charge in [-0.2, -0.15) is 0 Å². The Kier molecular flexibility index (Phi) is 4.59. The van der Waals surface area contributed by atoms with E-state index in [1.165, 1.54) is 24.0 Å². The third kappa shape index (κ3) is 3.65. The molecule has 0 aliphatic heterocycles. The summed E-state index contributed by atoms with van der Waals surface area (Å²) in [4.78, 5) is 2.54. The van der Waals surface area contributed by atoms with Gasteiger partial charge in [-0.1, -0.05) is 54.1 Å². The van der Waals surface area contributed by atoms with E-state index >= 15 is 0 Å². The van der Waals surface area contributed by atoms with Crippen molar-refractivity contribution in [3.63, 3.8) is 0 Å². The van der Waals surface area contributed by atoms with Gasteiger partial charge >= 0.3 is 0 Å². The van der Waals surface area contributed by atoms with Crippen LogP contribution in [0.1, 0.15) is 30.0 Å². The number of benzene rings is 2. The molecule has 1 fully saturated rings. The molecule has 0 saturated heterocycles. The van der Waals surface area contributed by atoms with Gasteiger partial charge in [-0.05, 0) is 36.1 Å². The van der Waals surface area contributed by atoms with Crippen LogP contribution in [0.15, 0.2) is 54.6 Å². The van der Waals surface area contributed by atoms with Crippen molar-refractivity contribution in [3.8, 4) is 0 Å². The fourth-order valence-electron chi connectivity index (χ4n) is 2.84. The third-order valence-electron chi connectivity index (χ3n) is 4.10. The third-order valence-corrected chi connectivity index (χ3v) is 4.35. The van der Waals surface area contributed by atoms with Crippen molar-refractivity contribution < 1.29 is 0 Å². The molecule has 2 aromatic carbocycles. The zero-order valence-electron chi connectivity index (χ0n) is 12.1. The predicted molar refractivity (Wildman–Crippen MR) is 88.3 cm³/mol. The smallest absolute Gasteiger partial charge is 0.0476 e. The lowest BCUT2D eigenvalue weighted by Gasteiger charge is -2.31. The van der Waals surface area contributed by atoms with Gasteiger partial charge in [0.25, 0.3) is 0 Å². The summed E-state index contributed by atoms with van der Waals surface area (Å²) < 4.78 is 0. The molecule has 1 aliphatic rings. The largest absolute Gasteiger partial charge is 0.329 e. The second kappa shape index (κ2) is 6.61. The van der Waals surface area contributed by atoms with Crippen molar-refractivity contribution in [1.29, 1.82) is 0 Å². The molecule has 1 aliphatic carbocycles. The van der Waals surface area contributed by atoms with E-state index in [-0.39, 0.29) is 6.04 Å². The summed E-state index contributed by atoms with van der Waals surface area (Å²) in [6.07, 6.45) is 2.55. The lowest BCUT2D eigenvalue weighted by atomic mass is 10.0. The normalized spacial score (nSPS) is 16.1. The molecule has 110 valence electrons. The van der Waals surface area contributed by atoms with E-state index in [9.17, 15) is 0 Å². The van der Waals surface area contributed by atoms with Gasteiger partial charge in [-0.15, -0.1) is 0 Å². The van der Waals surface area contributed by atoms with Gasteiger partial charge in [0, 0.05) is 30.2 Å². The van der Waals surface area contributed by atoms with E-state index in [1.54, 1.807) is 0 Å². The highest BCUT2D eigenvalue weighted by atomic mass is 35.5. The van der Waals surface area contributed by atoms with Gasteiger partial charge in [0.05, 0.1) is 0 Å². The molecule has 3 heteroatoms. The van der Waals surface area contributed by atoms with E-state index in [2.05, 4.69) is 47.4 Å². The number of nitrogens with zero attached hydrogens (tertiary/aromatic N) is 1. The van der Waals surface area contributed by atoms with E-state index < -0.39 is 0 Å². The van der Waals surface area contributed by atoms with Gasteiger partial charge in [0.2, 0.25) is 0 Å². The standard InChI is InChI=1S/C18H21ClN2/c19-16-8-6-15(7-9-16)18(12-20)21(17-10-11-17)13-14-4-2-1-3-5-14/h1-9,17-18H,10-13,20H2. The minimum Gasteiger partial charge on any atom is -0.329 e.